The zero-order valence-electron chi connectivity index (χ0n) is 30.0. The molecule has 0 radical (unpaired) electrons. The number of hydrogen-bond donors (Lipinski definition) is 0. The Bertz CT molecular complexity index is 2320. The zero-order chi connectivity index (χ0) is 36.0. The minimum absolute atomic E-state index is 0.680. The van der Waals surface area contributed by atoms with Crippen molar-refractivity contribution < 1.29 is 0 Å². The van der Waals surface area contributed by atoms with Gasteiger partial charge < -0.3 is 4.57 Å². The third-order valence-electron chi connectivity index (χ3n) is 9.73. The summed E-state index contributed by atoms with van der Waals surface area (Å²) in [6, 6.07) is 53.1. The quantitative estimate of drug-likeness (QED) is 0.0876. The Morgan fingerprint density at radius 1 is 0.604 bits per heavy atom. The summed E-state index contributed by atoms with van der Waals surface area (Å²) in [5.74, 6) is 2.81. The third-order valence-corrected chi connectivity index (χ3v) is 10.9. The molecule has 53 heavy (non-hydrogen) atoms. The van der Waals surface area contributed by atoms with Gasteiger partial charge in [0.15, 0.2) is 11.5 Å². The number of pyridine rings is 1. The predicted octanol–water partition coefficient (Wildman–Crippen LogP) is 10.1. The number of imidazole rings is 1. The molecule has 0 spiro atoms. The molecule has 0 fully saturated rings. The summed E-state index contributed by atoms with van der Waals surface area (Å²) in [6.45, 7) is 5.12. The molecule has 8 rings (SSSR count). The first kappa shape index (κ1) is 34.2. The normalized spacial score (nSPS) is 11.7. The van der Waals surface area contributed by atoms with E-state index in [9.17, 15) is 0 Å². The van der Waals surface area contributed by atoms with Crippen molar-refractivity contribution in [3.63, 3.8) is 0 Å². The van der Waals surface area contributed by atoms with Crippen molar-refractivity contribution in [3.05, 3.63) is 180 Å². The highest BCUT2D eigenvalue weighted by molar-refractivity contribution is 7.99. The minimum Gasteiger partial charge on any atom is -0.322 e. The maximum absolute atomic E-state index is 4.98. The summed E-state index contributed by atoms with van der Waals surface area (Å²) in [5, 5.41) is 14.9. The first-order valence-corrected chi connectivity index (χ1v) is 19.3. The Labute approximate surface area is 314 Å². The Morgan fingerprint density at radius 2 is 1.21 bits per heavy atom. The fraction of sp³-hybridized carbons (Fsp3) is 0.178. The molecule has 0 amide bonds. The molecule has 0 unspecified atom stereocenters. The van der Waals surface area contributed by atoms with E-state index < -0.39 is 5.54 Å². The molecular weight excluding hydrogens is 671 g/mol. The van der Waals surface area contributed by atoms with Crippen molar-refractivity contribution in [2.75, 3.05) is 5.75 Å². The van der Waals surface area contributed by atoms with Gasteiger partial charge in [0, 0.05) is 18.5 Å². The summed E-state index contributed by atoms with van der Waals surface area (Å²) in [4.78, 5) is 9.88. The van der Waals surface area contributed by atoms with E-state index in [-0.39, 0.29) is 0 Å². The lowest BCUT2D eigenvalue weighted by Crippen LogP contribution is -2.39. The van der Waals surface area contributed by atoms with E-state index >= 15 is 0 Å². The highest BCUT2D eigenvalue weighted by Gasteiger charge is 2.42. The first-order chi connectivity index (χ1) is 26.2. The number of nitrogens with zero attached hydrogens (tertiary/aromatic N) is 7. The van der Waals surface area contributed by atoms with E-state index in [0.717, 1.165) is 87.0 Å². The molecule has 8 heteroatoms. The fourth-order valence-electron chi connectivity index (χ4n) is 7.30. The summed E-state index contributed by atoms with van der Waals surface area (Å²) >= 11 is 1.79. The highest BCUT2D eigenvalue weighted by Crippen LogP contribution is 2.43. The molecular formula is C45H41N7S. The van der Waals surface area contributed by atoms with Gasteiger partial charge in [-0.3, -0.25) is 0 Å². The smallest absolute Gasteiger partial charge is 0.184 e. The van der Waals surface area contributed by atoms with Crippen molar-refractivity contribution in [3.8, 4) is 22.5 Å². The maximum Gasteiger partial charge on any atom is 0.184 e. The topological polar surface area (TPSA) is 74.3 Å². The largest absolute Gasteiger partial charge is 0.322 e. The van der Waals surface area contributed by atoms with Gasteiger partial charge in [-0.25, -0.2) is 14.6 Å². The van der Waals surface area contributed by atoms with Crippen LogP contribution in [0.15, 0.2) is 157 Å². The molecule has 0 aliphatic heterocycles. The molecule has 262 valence electrons. The average Bonchev–Trinajstić information content (AvgIpc) is 3.84. The Morgan fingerprint density at radius 3 is 1.81 bits per heavy atom. The lowest BCUT2D eigenvalue weighted by Gasteiger charge is -2.36. The van der Waals surface area contributed by atoms with E-state index in [0.29, 0.717) is 5.82 Å². The van der Waals surface area contributed by atoms with Gasteiger partial charge in [-0.05, 0) is 74.5 Å². The molecule has 0 saturated carbocycles. The molecule has 0 saturated heterocycles. The van der Waals surface area contributed by atoms with Crippen molar-refractivity contribution >= 4 is 22.9 Å². The van der Waals surface area contributed by atoms with Gasteiger partial charge in [0.2, 0.25) is 0 Å². The monoisotopic (exact) mass is 711 g/mol. The second-order valence-electron chi connectivity index (χ2n) is 13.2. The summed E-state index contributed by atoms with van der Waals surface area (Å²) in [5.41, 5.74) is 8.55. The first-order valence-electron chi connectivity index (χ1n) is 18.3. The Kier molecular flexibility index (Phi) is 9.95. The van der Waals surface area contributed by atoms with Crippen LogP contribution >= 0.6 is 11.8 Å². The zero-order valence-corrected chi connectivity index (χ0v) is 30.8. The van der Waals surface area contributed by atoms with Gasteiger partial charge in [-0.2, -0.15) is 0 Å². The molecule has 0 aliphatic rings. The Hall–Kier alpha value is -5.86. The van der Waals surface area contributed by atoms with Gasteiger partial charge in [0.25, 0.3) is 0 Å². The van der Waals surface area contributed by atoms with E-state index in [1.807, 2.05) is 22.9 Å². The molecule has 8 aromatic rings. The summed E-state index contributed by atoms with van der Waals surface area (Å²) < 4.78 is 4.33. The van der Waals surface area contributed by atoms with E-state index in [2.05, 4.69) is 157 Å². The van der Waals surface area contributed by atoms with E-state index in [1.54, 1.807) is 11.8 Å². The van der Waals surface area contributed by atoms with Crippen molar-refractivity contribution in [2.45, 2.75) is 50.2 Å². The van der Waals surface area contributed by atoms with Crippen LogP contribution in [0, 0.1) is 0 Å². The molecule has 7 nitrogen and oxygen atoms in total. The number of aromatic nitrogens is 7. The molecule has 0 N–H and O–H groups in total. The second-order valence-corrected chi connectivity index (χ2v) is 14.3. The van der Waals surface area contributed by atoms with Crippen molar-refractivity contribution in [1.82, 2.24) is 34.7 Å². The predicted molar refractivity (Wildman–Crippen MR) is 215 cm³/mol. The van der Waals surface area contributed by atoms with Gasteiger partial charge in [-0.1, -0.05) is 153 Å². The summed E-state index contributed by atoms with van der Waals surface area (Å²) in [6.07, 6.45) is 3.05. The van der Waals surface area contributed by atoms with Crippen LogP contribution in [0.5, 0.6) is 0 Å². The number of hydrogen-bond acceptors (Lipinski definition) is 6. The summed E-state index contributed by atoms with van der Waals surface area (Å²) in [7, 11) is 0. The van der Waals surface area contributed by atoms with Crippen molar-refractivity contribution in [1.29, 1.82) is 0 Å². The van der Waals surface area contributed by atoms with E-state index in [1.165, 1.54) is 5.56 Å². The van der Waals surface area contributed by atoms with Crippen LogP contribution in [0.25, 0.3) is 33.7 Å². The van der Waals surface area contributed by atoms with Crippen LogP contribution in [-0.4, -0.2) is 40.5 Å². The molecule has 5 aromatic carbocycles. The highest BCUT2D eigenvalue weighted by atomic mass is 32.2. The van der Waals surface area contributed by atoms with Crippen LogP contribution in [-0.2, 0) is 18.5 Å². The molecule has 0 aliphatic carbocycles. The number of aryl methyl sites for hydroxylation is 1. The third kappa shape index (κ3) is 6.55. The van der Waals surface area contributed by atoms with E-state index in [4.69, 9.17) is 20.3 Å². The molecule has 0 bridgehead atoms. The minimum atomic E-state index is -0.840. The standard InChI is InChI=1S/C45H41N7S/c1-3-16-41-46-43-40(29-30-42(47-43)53-31-4-2)51(41)32-33-25-27-34(28-26-33)38-23-14-15-24-39(38)44-48-49-50-52(44)45(35-17-8-5-9-18-35,36-19-10-6-11-20-36)37-21-12-7-13-22-37/h5-15,17-30H,3-4,16,31-32H2,1-2H3. The van der Waals surface area contributed by atoms with Crippen LogP contribution < -0.4 is 0 Å². The fourth-order valence-corrected chi connectivity index (χ4v) is 8.03. The van der Waals surface area contributed by atoms with Crippen LogP contribution in [0.3, 0.4) is 0 Å². The van der Waals surface area contributed by atoms with Gasteiger partial charge >= 0.3 is 0 Å². The van der Waals surface area contributed by atoms with Crippen molar-refractivity contribution in [2.24, 2.45) is 0 Å². The SMILES string of the molecule is CCCSc1ccc2c(n1)nc(CCC)n2Cc1ccc(-c2ccccc2-c2nnnn2C(c2ccccc2)(c2ccccc2)c2ccccc2)cc1. The Balaban J connectivity index is 1.20. The van der Waals surface area contributed by atoms with Gasteiger partial charge in [0.1, 0.15) is 11.4 Å². The van der Waals surface area contributed by atoms with Crippen LogP contribution in [0.4, 0.5) is 0 Å². The van der Waals surface area contributed by atoms with Crippen LogP contribution in [0.2, 0.25) is 0 Å². The lowest BCUT2D eigenvalue weighted by molar-refractivity contribution is 0.451. The number of benzene rings is 5. The molecule has 3 aromatic heterocycles. The average molecular weight is 712 g/mol. The lowest BCUT2D eigenvalue weighted by atomic mass is 9.77. The second kappa shape index (κ2) is 15.4. The van der Waals surface area contributed by atoms with Crippen LogP contribution in [0.1, 0.15) is 54.8 Å². The molecule has 0 atom stereocenters. The van der Waals surface area contributed by atoms with Gasteiger partial charge in [0.05, 0.1) is 10.5 Å². The maximum atomic E-state index is 4.98. The number of fused-ring (bicyclic) bond motifs is 1. The number of rotatable bonds is 13. The van der Waals surface area contributed by atoms with Gasteiger partial charge in [-0.15, -0.1) is 16.9 Å². The molecule has 3 heterocycles. The number of tetrazole rings is 1. The number of thioether (sulfide) groups is 1.